The first-order chi connectivity index (χ1) is 12.8. The Hall–Kier alpha value is -3.02. The lowest BCUT2D eigenvalue weighted by molar-refractivity contribution is 0.0943. The molecule has 26 heavy (non-hydrogen) atoms. The predicted octanol–water partition coefficient (Wildman–Crippen LogP) is 2.90. The second kappa shape index (κ2) is 7.07. The molecule has 2 aromatic carbocycles. The quantitative estimate of drug-likeness (QED) is 0.770. The summed E-state index contributed by atoms with van der Waals surface area (Å²) in [4.78, 5) is 12.9. The van der Waals surface area contributed by atoms with Crippen molar-refractivity contribution in [2.75, 3.05) is 6.54 Å². The predicted molar refractivity (Wildman–Crippen MR) is 98.1 cm³/mol. The Bertz CT molecular complexity index is 870. The van der Waals surface area contributed by atoms with Crippen LogP contribution in [-0.2, 0) is 5.41 Å². The van der Waals surface area contributed by atoms with E-state index in [4.69, 9.17) is 0 Å². The van der Waals surface area contributed by atoms with Gasteiger partial charge in [-0.1, -0.05) is 55.3 Å². The van der Waals surface area contributed by atoms with Gasteiger partial charge in [0.1, 0.15) is 6.33 Å². The van der Waals surface area contributed by atoms with Gasteiger partial charge in [0.2, 0.25) is 0 Å². The summed E-state index contributed by atoms with van der Waals surface area (Å²) in [5.41, 5.74) is 2.59. The molecule has 1 amide bonds. The normalized spacial score (nSPS) is 15.7. The molecule has 1 N–H and O–H groups in total. The van der Waals surface area contributed by atoms with E-state index in [1.807, 2.05) is 24.3 Å². The second-order valence-electron chi connectivity index (χ2n) is 6.81. The molecule has 1 saturated carbocycles. The molecule has 6 heteroatoms. The summed E-state index contributed by atoms with van der Waals surface area (Å²) in [5.74, 6) is -0.0988. The fourth-order valence-corrected chi connectivity index (χ4v) is 3.89. The highest BCUT2D eigenvalue weighted by Crippen LogP contribution is 2.40. The van der Waals surface area contributed by atoms with Gasteiger partial charge in [0.15, 0.2) is 0 Å². The summed E-state index contributed by atoms with van der Waals surface area (Å²) in [6.45, 7) is 0.639. The molecule has 0 atom stereocenters. The van der Waals surface area contributed by atoms with Crippen molar-refractivity contribution in [1.82, 2.24) is 25.5 Å². The van der Waals surface area contributed by atoms with E-state index in [-0.39, 0.29) is 11.3 Å². The third kappa shape index (κ3) is 3.10. The van der Waals surface area contributed by atoms with Crippen LogP contribution in [-0.4, -0.2) is 32.7 Å². The number of hydrogen-bond donors (Lipinski definition) is 1. The average Bonchev–Trinajstić information content (AvgIpc) is 3.40. The number of amides is 1. The Labute approximate surface area is 152 Å². The van der Waals surface area contributed by atoms with E-state index >= 15 is 0 Å². The van der Waals surface area contributed by atoms with Crippen LogP contribution in [0, 0.1) is 0 Å². The molecule has 1 aromatic heterocycles. The van der Waals surface area contributed by atoms with Crippen molar-refractivity contribution in [3.63, 3.8) is 0 Å². The zero-order chi connectivity index (χ0) is 17.8. The second-order valence-corrected chi connectivity index (χ2v) is 6.81. The van der Waals surface area contributed by atoms with Gasteiger partial charge in [-0.2, -0.15) is 4.68 Å². The maximum absolute atomic E-state index is 12.9. The molecule has 1 aliphatic rings. The summed E-state index contributed by atoms with van der Waals surface area (Å²) >= 11 is 0. The van der Waals surface area contributed by atoms with Crippen LogP contribution in [0.1, 0.15) is 41.6 Å². The van der Waals surface area contributed by atoms with Crippen molar-refractivity contribution < 1.29 is 4.79 Å². The highest BCUT2D eigenvalue weighted by atomic mass is 16.1. The SMILES string of the molecule is O=C(NCC1(c2ccccc2)CCCC1)c1ccccc1-n1cnnn1. The van der Waals surface area contributed by atoms with Crippen LogP contribution in [0.25, 0.3) is 5.69 Å². The van der Waals surface area contributed by atoms with E-state index in [1.54, 1.807) is 6.07 Å². The summed E-state index contributed by atoms with van der Waals surface area (Å²) in [6.07, 6.45) is 6.10. The molecule has 0 aliphatic heterocycles. The van der Waals surface area contributed by atoms with Crippen molar-refractivity contribution in [2.24, 2.45) is 0 Å². The third-order valence-corrected chi connectivity index (χ3v) is 5.28. The van der Waals surface area contributed by atoms with Gasteiger partial charge in [-0.25, -0.2) is 0 Å². The van der Waals surface area contributed by atoms with Gasteiger partial charge in [-0.15, -0.1) is 5.10 Å². The fraction of sp³-hybridized carbons (Fsp3) is 0.300. The third-order valence-electron chi connectivity index (χ3n) is 5.28. The van der Waals surface area contributed by atoms with Crippen LogP contribution in [0.3, 0.4) is 0 Å². The van der Waals surface area contributed by atoms with E-state index in [0.29, 0.717) is 17.8 Å². The van der Waals surface area contributed by atoms with Crippen LogP contribution in [0.4, 0.5) is 0 Å². The Morgan fingerprint density at radius 1 is 1.04 bits per heavy atom. The molecule has 3 aromatic rings. The molecular formula is C20H21N5O. The van der Waals surface area contributed by atoms with Gasteiger partial charge in [-0.3, -0.25) is 4.79 Å². The zero-order valence-electron chi connectivity index (χ0n) is 14.5. The lowest BCUT2D eigenvalue weighted by Gasteiger charge is -2.30. The Balaban J connectivity index is 1.56. The standard InChI is InChI=1S/C20H21N5O/c26-19(17-10-4-5-11-18(17)25-15-22-23-24-25)21-14-20(12-6-7-13-20)16-8-2-1-3-9-16/h1-5,8-11,15H,6-7,12-14H2,(H,21,26). The number of nitrogens with one attached hydrogen (secondary N) is 1. The van der Waals surface area contributed by atoms with E-state index in [9.17, 15) is 4.79 Å². The number of carbonyl (C=O) groups excluding carboxylic acids is 1. The topological polar surface area (TPSA) is 72.7 Å². The highest BCUT2D eigenvalue weighted by molar-refractivity contribution is 5.97. The molecule has 0 spiro atoms. The highest BCUT2D eigenvalue weighted by Gasteiger charge is 2.35. The Kier molecular flexibility index (Phi) is 4.48. The maximum Gasteiger partial charge on any atom is 0.253 e. The number of para-hydroxylation sites is 1. The summed E-state index contributed by atoms with van der Waals surface area (Å²) < 4.78 is 1.51. The summed E-state index contributed by atoms with van der Waals surface area (Å²) in [7, 11) is 0. The van der Waals surface area contributed by atoms with Gasteiger partial charge in [-0.05, 0) is 41.0 Å². The number of aromatic nitrogens is 4. The lowest BCUT2D eigenvalue weighted by atomic mass is 9.79. The number of carbonyl (C=O) groups is 1. The van der Waals surface area contributed by atoms with Crippen molar-refractivity contribution in [2.45, 2.75) is 31.1 Å². The first kappa shape index (κ1) is 16.4. The van der Waals surface area contributed by atoms with Gasteiger partial charge in [0.05, 0.1) is 11.3 Å². The van der Waals surface area contributed by atoms with Crippen molar-refractivity contribution >= 4 is 5.91 Å². The number of hydrogen-bond acceptors (Lipinski definition) is 4. The Morgan fingerprint density at radius 2 is 1.77 bits per heavy atom. The fourth-order valence-electron chi connectivity index (χ4n) is 3.89. The van der Waals surface area contributed by atoms with Gasteiger partial charge >= 0.3 is 0 Å². The van der Waals surface area contributed by atoms with Crippen LogP contribution < -0.4 is 5.32 Å². The van der Waals surface area contributed by atoms with Crippen LogP contribution in [0.5, 0.6) is 0 Å². The van der Waals surface area contributed by atoms with E-state index in [2.05, 4.69) is 45.1 Å². The molecule has 0 saturated heterocycles. The number of rotatable bonds is 5. The molecular weight excluding hydrogens is 326 g/mol. The molecule has 1 aliphatic carbocycles. The van der Waals surface area contributed by atoms with Gasteiger partial charge in [0, 0.05) is 12.0 Å². The molecule has 0 radical (unpaired) electrons. The first-order valence-electron chi connectivity index (χ1n) is 8.95. The lowest BCUT2D eigenvalue weighted by Crippen LogP contribution is -2.39. The van der Waals surface area contributed by atoms with E-state index in [0.717, 1.165) is 12.8 Å². The largest absolute Gasteiger partial charge is 0.351 e. The average molecular weight is 347 g/mol. The summed E-state index contributed by atoms with van der Waals surface area (Å²) in [6, 6.07) is 17.9. The van der Waals surface area contributed by atoms with Crippen molar-refractivity contribution in [3.8, 4) is 5.69 Å². The minimum Gasteiger partial charge on any atom is -0.351 e. The van der Waals surface area contributed by atoms with Crippen molar-refractivity contribution in [3.05, 3.63) is 72.1 Å². The monoisotopic (exact) mass is 347 g/mol. The van der Waals surface area contributed by atoms with E-state index < -0.39 is 0 Å². The van der Waals surface area contributed by atoms with Gasteiger partial charge < -0.3 is 5.32 Å². The smallest absolute Gasteiger partial charge is 0.253 e. The zero-order valence-corrected chi connectivity index (χ0v) is 14.5. The molecule has 0 unspecified atom stereocenters. The molecule has 1 fully saturated rings. The summed E-state index contributed by atoms with van der Waals surface area (Å²) in [5, 5.41) is 14.4. The van der Waals surface area contributed by atoms with Crippen LogP contribution >= 0.6 is 0 Å². The maximum atomic E-state index is 12.9. The van der Waals surface area contributed by atoms with Crippen LogP contribution in [0.15, 0.2) is 60.9 Å². The molecule has 6 nitrogen and oxygen atoms in total. The number of tetrazole rings is 1. The molecule has 4 rings (SSSR count). The number of benzene rings is 2. The minimum atomic E-state index is -0.0988. The van der Waals surface area contributed by atoms with Gasteiger partial charge in [0.25, 0.3) is 5.91 Å². The van der Waals surface area contributed by atoms with E-state index in [1.165, 1.54) is 29.4 Å². The molecule has 1 heterocycles. The molecule has 132 valence electrons. The first-order valence-corrected chi connectivity index (χ1v) is 8.95. The van der Waals surface area contributed by atoms with Crippen LogP contribution in [0.2, 0.25) is 0 Å². The number of nitrogens with zero attached hydrogens (tertiary/aromatic N) is 4. The molecule has 0 bridgehead atoms. The van der Waals surface area contributed by atoms with Crippen molar-refractivity contribution in [1.29, 1.82) is 0 Å². The Morgan fingerprint density at radius 3 is 2.50 bits per heavy atom. The minimum absolute atomic E-state index is 0.0284.